The number of hydrogen-bond acceptors (Lipinski definition) is 4. The Hall–Kier alpha value is -1.10. The first-order valence-electron chi connectivity index (χ1n) is 8.64. The van der Waals surface area contributed by atoms with E-state index < -0.39 is 0 Å². The van der Waals surface area contributed by atoms with E-state index in [0.29, 0.717) is 0 Å². The van der Waals surface area contributed by atoms with E-state index in [1.807, 2.05) is 0 Å². The van der Waals surface area contributed by atoms with Gasteiger partial charge in [0.1, 0.15) is 5.75 Å². The van der Waals surface area contributed by atoms with Gasteiger partial charge >= 0.3 is 0 Å². The molecule has 0 spiro atoms. The molecule has 2 rings (SSSR count). The Morgan fingerprint density at radius 2 is 2.09 bits per heavy atom. The maximum atomic E-state index is 5.50. The van der Waals surface area contributed by atoms with Gasteiger partial charge in [-0.2, -0.15) is 0 Å². The van der Waals surface area contributed by atoms with Crippen LogP contribution in [0, 0.1) is 5.92 Å². The van der Waals surface area contributed by atoms with Crippen LogP contribution in [-0.2, 0) is 17.8 Å². The van der Waals surface area contributed by atoms with Crippen LogP contribution in [0.2, 0.25) is 0 Å². The molecule has 1 aliphatic heterocycles. The molecule has 0 N–H and O–H groups in total. The summed E-state index contributed by atoms with van der Waals surface area (Å²) in [5, 5.41) is 0. The molecular formula is C19H32N2O2. The van der Waals surface area contributed by atoms with Gasteiger partial charge in [-0.3, -0.25) is 4.90 Å². The monoisotopic (exact) mass is 320 g/mol. The van der Waals surface area contributed by atoms with E-state index in [1.165, 1.54) is 43.5 Å². The molecule has 1 fully saturated rings. The van der Waals surface area contributed by atoms with Gasteiger partial charge in [0.25, 0.3) is 0 Å². The Morgan fingerprint density at radius 3 is 2.78 bits per heavy atom. The highest BCUT2D eigenvalue weighted by atomic mass is 16.5. The Kier molecular flexibility index (Phi) is 7.34. The zero-order valence-corrected chi connectivity index (χ0v) is 15.2. The lowest BCUT2D eigenvalue weighted by molar-refractivity contribution is 0.123. The van der Waals surface area contributed by atoms with E-state index in [9.17, 15) is 0 Å². The predicted molar refractivity (Wildman–Crippen MR) is 94.9 cm³/mol. The highest BCUT2D eigenvalue weighted by molar-refractivity contribution is 5.37. The van der Waals surface area contributed by atoms with Crippen LogP contribution >= 0.6 is 0 Å². The van der Waals surface area contributed by atoms with E-state index in [4.69, 9.17) is 9.47 Å². The first kappa shape index (κ1) is 18.2. The fourth-order valence-corrected chi connectivity index (χ4v) is 3.47. The topological polar surface area (TPSA) is 24.9 Å². The van der Waals surface area contributed by atoms with Crippen LogP contribution in [0.1, 0.15) is 30.4 Å². The van der Waals surface area contributed by atoms with Crippen LogP contribution in [0.15, 0.2) is 18.2 Å². The Morgan fingerprint density at radius 1 is 1.26 bits per heavy atom. The van der Waals surface area contributed by atoms with E-state index in [-0.39, 0.29) is 0 Å². The third-order valence-corrected chi connectivity index (χ3v) is 4.57. The normalized spacial score (nSPS) is 19.3. The molecule has 1 saturated heterocycles. The third kappa shape index (κ3) is 5.79. The smallest absolute Gasteiger partial charge is 0.123 e. The number of benzene rings is 1. The molecule has 0 aliphatic carbocycles. The third-order valence-electron chi connectivity index (χ3n) is 4.57. The largest absolute Gasteiger partial charge is 0.496 e. The SMILES string of the molecule is COCCC1CCCN(Cc2ccc(OC)c(CN(C)C)c2)C1. The van der Waals surface area contributed by atoms with Gasteiger partial charge in [0.05, 0.1) is 7.11 Å². The summed E-state index contributed by atoms with van der Waals surface area (Å²) >= 11 is 0. The quantitative estimate of drug-likeness (QED) is 0.735. The summed E-state index contributed by atoms with van der Waals surface area (Å²) in [6.07, 6.45) is 3.82. The van der Waals surface area contributed by atoms with E-state index in [0.717, 1.165) is 31.4 Å². The fourth-order valence-electron chi connectivity index (χ4n) is 3.47. The van der Waals surface area contributed by atoms with Crippen molar-refractivity contribution < 1.29 is 9.47 Å². The molecule has 0 amide bonds. The number of likely N-dealkylation sites (tertiary alicyclic amines) is 1. The number of hydrogen-bond donors (Lipinski definition) is 0. The van der Waals surface area contributed by atoms with Gasteiger partial charge < -0.3 is 14.4 Å². The second-order valence-corrected chi connectivity index (χ2v) is 6.91. The molecule has 1 unspecified atom stereocenters. The summed E-state index contributed by atoms with van der Waals surface area (Å²) < 4.78 is 10.7. The lowest BCUT2D eigenvalue weighted by Gasteiger charge is -2.32. The summed E-state index contributed by atoms with van der Waals surface area (Å²) in [6.45, 7) is 5.23. The van der Waals surface area contributed by atoms with Crippen LogP contribution in [-0.4, -0.2) is 57.8 Å². The minimum atomic E-state index is 0.781. The molecule has 0 radical (unpaired) electrons. The molecule has 1 aromatic rings. The Bertz CT molecular complexity index is 476. The van der Waals surface area contributed by atoms with E-state index in [1.54, 1.807) is 14.2 Å². The van der Waals surface area contributed by atoms with Gasteiger partial charge in [0, 0.05) is 38.9 Å². The van der Waals surface area contributed by atoms with Gasteiger partial charge in [-0.1, -0.05) is 6.07 Å². The molecule has 23 heavy (non-hydrogen) atoms. The standard InChI is InChI=1S/C19H32N2O2/c1-20(2)15-18-12-17(7-8-19(18)23-4)14-21-10-5-6-16(13-21)9-11-22-3/h7-8,12,16H,5-6,9-11,13-15H2,1-4H3. The maximum Gasteiger partial charge on any atom is 0.123 e. The molecule has 0 aromatic heterocycles. The Balaban J connectivity index is 1.98. The molecule has 1 aliphatic rings. The van der Waals surface area contributed by atoms with Gasteiger partial charge in [0.15, 0.2) is 0 Å². The Labute approximate surface area is 141 Å². The molecule has 4 nitrogen and oxygen atoms in total. The fraction of sp³-hybridized carbons (Fsp3) is 0.684. The summed E-state index contributed by atoms with van der Waals surface area (Å²) in [6, 6.07) is 6.62. The molecule has 1 atom stereocenters. The summed E-state index contributed by atoms with van der Waals surface area (Å²) in [4.78, 5) is 4.77. The number of piperidine rings is 1. The van der Waals surface area contributed by atoms with E-state index in [2.05, 4.69) is 42.1 Å². The lowest BCUT2D eigenvalue weighted by Crippen LogP contribution is -2.35. The van der Waals surface area contributed by atoms with Crippen LogP contribution < -0.4 is 4.74 Å². The summed E-state index contributed by atoms with van der Waals surface area (Å²) in [7, 11) is 7.73. The van der Waals surface area contributed by atoms with Crippen molar-refractivity contribution >= 4 is 0 Å². The van der Waals surface area contributed by atoms with Crippen molar-refractivity contribution in [3.63, 3.8) is 0 Å². The van der Waals surface area contributed by atoms with Crippen LogP contribution in [0.5, 0.6) is 5.75 Å². The van der Waals surface area contributed by atoms with Gasteiger partial charge in [-0.05, 0) is 63.5 Å². The van der Waals surface area contributed by atoms with Gasteiger partial charge in [0.2, 0.25) is 0 Å². The maximum absolute atomic E-state index is 5.50. The van der Waals surface area contributed by atoms with Crippen molar-refractivity contribution in [2.45, 2.75) is 32.4 Å². The van der Waals surface area contributed by atoms with Crippen molar-refractivity contribution in [3.8, 4) is 5.75 Å². The molecule has 1 heterocycles. The summed E-state index contributed by atoms with van der Waals surface area (Å²) in [5.41, 5.74) is 2.65. The summed E-state index contributed by atoms with van der Waals surface area (Å²) in [5.74, 6) is 1.77. The van der Waals surface area contributed by atoms with Crippen LogP contribution in [0.3, 0.4) is 0 Å². The number of ether oxygens (including phenoxy) is 2. The highest BCUT2D eigenvalue weighted by Crippen LogP contribution is 2.24. The van der Waals surface area contributed by atoms with Crippen LogP contribution in [0.4, 0.5) is 0 Å². The minimum absolute atomic E-state index is 0.781. The molecule has 4 heteroatoms. The van der Waals surface area contributed by atoms with Crippen molar-refractivity contribution in [1.29, 1.82) is 0 Å². The van der Waals surface area contributed by atoms with Gasteiger partial charge in [-0.15, -0.1) is 0 Å². The van der Waals surface area contributed by atoms with Crippen molar-refractivity contribution in [1.82, 2.24) is 9.80 Å². The molecular weight excluding hydrogens is 288 g/mol. The van der Waals surface area contributed by atoms with E-state index >= 15 is 0 Å². The van der Waals surface area contributed by atoms with Crippen molar-refractivity contribution in [2.24, 2.45) is 5.92 Å². The second-order valence-electron chi connectivity index (χ2n) is 6.91. The number of methoxy groups -OCH3 is 2. The van der Waals surface area contributed by atoms with Crippen molar-refractivity contribution in [2.75, 3.05) is 48.0 Å². The highest BCUT2D eigenvalue weighted by Gasteiger charge is 2.20. The van der Waals surface area contributed by atoms with Gasteiger partial charge in [-0.25, -0.2) is 0 Å². The zero-order valence-electron chi connectivity index (χ0n) is 15.2. The van der Waals surface area contributed by atoms with Crippen LogP contribution in [0.25, 0.3) is 0 Å². The molecule has 130 valence electrons. The first-order chi connectivity index (χ1) is 11.1. The molecule has 0 bridgehead atoms. The predicted octanol–water partition coefficient (Wildman–Crippen LogP) is 3.01. The first-order valence-corrected chi connectivity index (χ1v) is 8.64. The average Bonchev–Trinajstić information content (AvgIpc) is 2.53. The molecule has 1 aromatic carbocycles. The average molecular weight is 320 g/mol. The minimum Gasteiger partial charge on any atom is -0.496 e. The lowest BCUT2D eigenvalue weighted by atomic mass is 9.94. The number of rotatable bonds is 8. The molecule has 0 saturated carbocycles. The second kappa shape index (κ2) is 9.26. The zero-order chi connectivity index (χ0) is 16.7. The number of nitrogens with zero attached hydrogens (tertiary/aromatic N) is 2. The van der Waals surface area contributed by atoms with Crippen molar-refractivity contribution in [3.05, 3.63) is 29.3 Å².